The van der Waals surface area contributed by atoms with Crippen molar-refractivity contribution in [2.75, 3.05) is 6.61 Å². The third-order valence-electron chi connectivity index (χ3n) is 4.52. The number of nitrogens with one attached hydrogen (secondary N) is 1. The molecule has 0 heterocycles. The SMILES string of the molecule is CC1CC(=O)c2c(OCC(=O)NC(C)c3ccc(F)cc3)ccc(F)c21. The molecule has 1 aliphatic carbocycles. The highest BCUT2D eigenvalue weighted by Gasteiger charge is 2.32. The summed E-state index contributed by atoms with van der Waals surface area (Å²) in [4.78, 5) is 24.2. The lowest BCUT2D eigenvalue weighted by Gasteiger charge is -2.16. The molecule has 4 nitrogen and oxygen atoms in total. The predicted octanol–water partition coefficient (Wildman–Crippen LogP) is 3.91. The van der Waals surface area contributed by atoms with E-state index in [0.29, 0.717) is 5.56 Å². The van der Waals surface area contributed by atoms with Crippen molar-refractivity contribution in [2.45, 2.75) is 32.2 Å². The van der Waals surface area contributed by atoms with Crippen LogP contribution >= 0.6 is 0 Å². The van der Waals surface area contributed by atoms with Gasteiger partial charge in [-0.2, -0.15) is 0 Å². The summed E-state index contributed by atoms with van der Waals surface area (Å²) in [6, 6.07) is 8.13. The van der Waals surface area contributed by atoms with Crippen LogP contribution in [0, 0.1) is 11.6 Å². The molecule has 2 aromatic rings. The smallest absolute Gasteiger partial charge is 0.258 e. The summed E-state index contributed by atoms with van der Waals surface area (Å²) in [7, 11) is 0. The van der Waals surface area contributed by atoms with E-state index < -0.39 is 11.7 Å². The number of ketones is 1. The average molecular weight is 359 g/mol. The monoisotopic (exact) mass is 359 g/mol. The van der Waals surface area contributed by atoms with Gasteiger partial charge in [-0.1, -0.05) is 19.1 Å². The van der Waals surface area contributed by atoms with E-state index in [9.17, 15) is 18.4 Å². The van der Waals surface area contributed by atoms with E-state index >= 15 is 0 Å². The van der Waals surface area contributed by atoms with E-state index in [1.165, 1.54) is 24.3 Å². The van der Waals surface area contributed by atoms with E-state index in [-0.39, 0.29) is 47.9 Å². The zero-order valence-corrected chi connectivity index (χ0v) is 14.5. The van der Waals surface area contributed by atoms with Gasteiger partial charge in [-0.25, -0.2) is 8.78 Å². The molecule has 136 valence electrons. The van der Waals surface area contributed by atoms with Gasteiger partial charge in [-0.05, 0) is 42.7 Å². The largest absolute Gasteiger partial charge is 0.483 e. The third kappa shape index (κ3) is 3.59. The first-order chi connectivity index (χ1) is 12.4. The molecular formula is C20H19F2NO3. The van der Waals surface area contributed by atoms with Crippen molar-refractivity contribution in [1.82, 2.24) is 5.32 Å². The summed E-state index contributed by atoms with van der Waals surface area (Å²) in [6.45, 7) is 3.25. The Morgan fingerprint density at radius 1 is 1.23 bits per heavy atom. The number of hydrogen-bond donors (Lipinski definition) is 1. The van der Waals surface area contributed by atoms with Crippen LogP contribution in [0.25, 0.3) is 0 Å². The highest BCUT2D eigenvalue weighted by atomic mass is 19.1. The molecule has 0 fully saturated rings. The number of hydrogen-bond acceptors (Lipinski definition) is 3. The van der Waals surface area contributed by atoms with Crippen molar-refractivity contribution < 1.29 is 23.1 Å². The molecule has 0 aliphatic heterocycles. The molecule has 1 amide bonds. The van der Waals surface area contributed by atoms with Crippen LogP contribution in [0.2, 0.25) is 0 Å². The van der Waals surface area contributed by atoms with Crippen LogP contribution < -0.4 is 10.1 Å². The fourth-order valence-electron chi connectivity index (χ4n) is 3.21. The van der Waals surface area contributed by atoms with Gasteiger partial charge in [-0.3, -0.25) is 9.59 Å². The number of amides is 1. The molecule has 2 unspecified atom stereocenters. The Morgan fingerprint density at radius 2 is 1.92 bits per heavy atom. The third-order valence-corrected chi connectivity index (χ3v) is 4.52. The van der Waals surface area contributed by atoms with Gasteiger partial charge in [0, 0.05) is 12.0 Å². The standard InChI is InChI=1S/C20H19F2NO3/c1-11-9-16(24)20-17(8-7-15(22)19(11)20)26-10-18(25)23-12(2)13-3-5-14(21)6-4-13/h3-8,11-12H,9-10H2,1-2H3,(H,23,25). The second-order valence-electron chi connectivity index (χ2n) is 6.49. The molecule has 6 heteroatoms. The summed E-state index contributed by atoms with van der Waals surface area (Å²) in [5, 5.41) is 2.74. The first-order valence-corrected chi connectivity index (χ1v) is 8.40. The second kappa shape index (κ2) is 7.23. The van der Waals surface area contributed by atoms with Crippen LogP contribution in [-0.2, 0) is 4.79 Å². The Morgan fingerprint density at radius 3 is 2.62 bits per heavy atom. The quantitative estimate of drug-likeness (QED) is 0.881. The summed E-state index contributed by atoms with van der Waals surface area (Å²) in [5.74, 6) is -1.33. The Kier molecular flexibility index (Phi) is 5.02. The molecule has 2 aromatic carbocycles. The lowest BCUT2D eigenvalue weighted by molar-refractivity contribution is -0.123. The van der Waals surface area contributed by atoms with Crippen LogP contribution in [0.4, 0.5) is 8.78 Å². The van der Waals surface area contributed by atoms with E-state index in [0.717, 1.165) is 5.56 Å². The van der Waals surface area contributed by atoms with Gasteiger partial charge in [0.05, 0.1) is 11.6 Å². The molecule has 0 saturated carbocycles. The van der Waals surface area contributed by atoms with Crippen molar-refractivity contribution in [3.63, 3.8) is 0 Å². The van der Waals surface area contributed by atoms with Crippen LogP contribution in [0.1, 0.15) is 53.7 Å². The first-order valence-electron chi connectivity index (χ1n) is 8.40. The van der Waals surface area contributed by atoms with Crippen LogP contribution in [-0.4, -0.2) is 18.3 Å². The van der Waals surface area contributed by atoms with Crippen LogP contribution in [0.3, 0.4) is 0 Å². The molecule has 0 spiro atoms. The van der Waals surface area contributed by atoms with Crippen LogP contribution in [0.15, 0.2) is 36.4 Å². The van der Waals surface area contributed by atoms with E-state index in [1.54, 1.807) is 26.0 Å². The Hall–Kier alpha value is -2.76. The zero-order chi connectivity index (χ0) is 18.8. The number of Topliss-reactive ketones (excluding diaryl/α,β-unsaturated/α-hetero) is 1. The molecular weight excluding hydrogens is 340 g/mol. The number of fused-ring (bicyclic) bond motifs is 1. The molecule has 0 saturated heterocycles. The number of carbonyl (C=O) groups is 2. The van der Waals surface area contributed by atoms with Gasteiger partial charge < -0.3 is 10.1 Å². The van der Waals surface area contributed by atoms with E-state index in [4.69, 9.17) is 4.74 Å². The fourth-order valence-corrected chi connectivity index (χ4v) is 3.21. The number of halogens is 2. The molecule has 1 N–H and O–H groups in total. The van der Waals surface area contributed by atoms with Crippen molar-refractivity contribution in [3.8, 4) is 5.75 Å². The number of carbonyl (C=O) groups excluding carboxylic acids is 2. The van der Waals surface area contributed by atoms with Crippen LogP contribution in [0.5, 0.6) is 5.75 Å². The summed E-state index contributed by atoms with van der Waals surface area (Å²) >= 11 is 0. The van der Waals surface area contributed by atoms with Gasteiger partial charge in [-0.15, -0.1) is 0 Å². The summed E-state index contributed by atoms with van der Waals surface area (Å²) in [6.07, 6.45) is 0.237. The average Bonchev–Trinajstić information content (AvgIpc) is 2.90. The maximum Gasteiger partial charge on any atom is 0.258 e. The Balaban J connectivity index is 1.65. The minimum atomic E-state index is -0.430. The Labute approximate surface area is 150 Å². The molecule has 0 aromatic heterocycles. The minimum absolute atomic E-state index is 0.179. The highest BCUT2D eigenvalue weighted by molar-refractivity contribution is 6.03. The van der Waals surface area contributed by atoms with Crippen molar-refractivity contribution in [3.05, 3.63) is 64.7 Å². The molecule has 0 radical (unpaired) electrons. The predicted molar refractivity (Wildman–Crippen MR) is 92.2 cm³/mol. The highest BCUT2D eigenvalue weighted by Crippen LogP contribution is 2.39. The zero-order valence-electron chi connectivity index (χ0n) is 14.5. The number of benzene rings is 2. The van der Waals surface area contributed by atoms with E-state index in [1.807, 2.05) is 0 Å². The maximum atomic E-state index is 14.0. The lowest BCUT2D eigenvalue weighted by Crippen LogP contribution is -2.31. The molecule has 2 atom stereocenters. The van der Waals surface area contributed by atoms with Gasteiger partial charge in [0.2, 0.25) is 0 Å². The van der Waals surface area contributed by atoms with Gasteiger partial charge >= 0.3 is 0 Å². The number of ether oxygens (including phenoxy) is 1. The van der Waals surface area contributed by atoms with Crippen molar-refractivity contribution in [1.29, 1.82) is 0 Å². The van der Waals surface area contributed by atoms with Gasteiger partial charge in [0.15, 0.2) is 12.4 Å². The summed E-state index contributed by atoms with van der Waals surface area (Å²) in [5.41, 5.74) is 1.34. The fraction of sp³-hybridized carbons (Fsp3) is 0.300. The van der Waals surface area contributed by atoms with E-state index in [2.05, 4.69) is 5.32 Å². The van der Waals surface area contributed by atoms with Gasteiger partial charge in [0.25, 0.3) is 5.91 Å². The minimum Gasteiger partial charge on any atom is -0.483 e. The van der Waals surface area contributed by atoms with Gasteiger partial charge in [0.1, 0.15) is 17.4 Å². The normalized spacial score (nSPS) is 16.9. The number of rotatable bonds is 5. The molecule has 26 heavy (non-hydrogen) atoms. The Bertz CT molecular complexity index is 849. The first kappa shape index (κ1) is 18.0. The maximum absolute atomic E-state index is 14.0. The molecule has 0 bridgehead atoms. The summed E-state index contributed by atoms with van der Waals surface area (Å²) < 4.78 is 32.4. The van der Waals surface area contributed by atoms with Crippen molar-refractivity contribution >= 4 is 11.7 Å². The molecule has 3 rings (SSSR count). The second-order valence-corrected chi connectivity index (χ2v) is 6.49. The lowest BCUT2D eigenvalue weighted by atomic mass is 10.0. The van der Waals surface area contributed by atoms with Crippen molar-refractivity contribution in [2.24, 2.45) is 0 Å². The topological polar surface area (TPSA) is 55.4 Å². The molecule has 1 aliphatic rings.